The van der Waals surface area contributed by atoms with Crippen molar-refractivity contribution < 1.29 is 18.7 Å². The molecule has 0 aliphatic heterocycles. The standard InChI is InChI=1S/C26H23Cl2FN4O3/c1-14-31-32-26(36-14)23-24(17-8-10-20(29)19(28)11-17)33(25(30-23)15-5-3-2-4-6-15)21-13-18(27)9-7-16(21)12-22(34)35/h7-11,13,15H,2-6,12H2,1H3,(H,34,35). The first kappa shape index (κ1) is 24.5. The first-order valence-corrected chi connectivity index (χ1v) is 12.5. The second kappa shape index (κ2) is 10.0. The van der Waals surface area contributed by atoms with Crippen LogP contribution < -0.4 is 0 Å². The summed E-state index contributed by atoms with van der Waals surface area (Å²) < 4.78 is 21.8. The van der Waals surface area contributed by atoms with E-state index < -0.39 is 11.8 Å². The Kier molecular flexibility index (Phi) is 6.81. The van der Waals surface area contributed by atoms with Crippen LogP contribution in [0.5, 0.6) is 0 Å². The van der Waals surface area contributed by atoms with Gasteiger partial charge in [-0.3, -0.25) is 9.36 Å². The van der Waals surface area contributed by atoms with Gasteiger partial charge in [0.1, 0.15) is 11.6 Å². The third kappa shape index (κ3) is 4.75. The maximum Gasteiger partial charge on any atom is 0.307 e. The van der Waals surface area contributed by atoms with Crippen molar-refractivity contribution in [2.75, 3.05) is 0 Å². The number of hydrogen-bond donors (Lipinski definition) is 1. The van der Waals surface area contributed by atoms with Crippen LogP contribution in [0.2, 0.25) is 10.0 Å². The van der Waals surface area contributed by atoms with Gasteiger partial charge >= 0.3 is 5.97 Å². The summed E-state index contributed by atoms with van der Waals surface area (Å²) in [5.74, 6) is -0.0926. The molecule has 0 radical (unpaired) electrons. The lowest BCUT2D eigenvalue weighted by Gasteiger charge is -2.24. The molecule has 0 atom stereocenters. The SMILES string of the molecule is Cc1nnc(-c2nc(C3CCCCC3)n(-c3cc(Cl)ccc3CC(=O)O)c2-c2ccc(F)c(Cl)c2)o1. The minimum atomic E-state index is -0.975. The van der Waals surface area contributed by atoms with Crippen LogP contribution in [0.3, 0.4) is 0 Å². The molecule has 4 aromatic rings. The minimum absolute atomic E-state index is 0.0519. The number of benzene rings is 2. The third-order valence-electron chi connectivity index (χ3n) is 6.43. The molecule has 10 heteroatoms. The van der Waals surface area contributed by atoms with Gasteiger partial charge in [0.2, 0.25) is 5.89 Å². The Morgan fingerprint density at radius 1 is 1.14 bits per heavy atom. The molecule has 2 aromatic heterocycles. The lowest BCUT2D eigenvalue weighted by molar-refractivity contribution is -0.136. The molecule has 186 valence electrons. The van der Waals surface area contributed by atoms with Gasteiger partial charge in [-0.1, -0.05) is 48.5 Å². The highest BCUT2D eigenvalue weighted by Gasteiger charge is 2.31. The summed E-state index contributed by atoms with van der Waals surface area (Å²) in [6, 6.07) is 9.50. The number of carbonyl (C=O) groups is 1. The van der Waals surface area contributed by atoms with E-state index in [-0.39, 0.29) is 23.3 Å². The van der Waals surface area contributed by atoms with Crippen molar-refractivity contribution in [3.8, 4) is 28.5 Å². The molecule has 1 aliphatic carbocycles. The Bertz CT molecular complexity index is 1440. The van der Waals surface area contributed by atoms with Gasteiger partial charge in [0, 0.05) is 23.4 Å². The van der Waals surface area contributed by atoms with E-state index in [1.807, 2.05) is 4.57 Å². The summed E-state index contributed by atoms with van der Waals surface area (Å²) in [5, 5.41) is 18.2. The largest absolute Gasteiger partial charge is 0.481 e. The normalized spacial score (nSPS) is 14.3. The van der Waals surface area contributed by atoms with Crippen LogP contribution in [0.4, 0.5) is 4.39 Å². The highest BCUT2D eigenvalue weighted by atomic mass is 35.5. The van der Waals surface area contributed by atoms with Crippen molar-refractivity contribution in [1.29, 1.82) is 0 Å². The Hall–Kier alpha value is -3.23. The van der Waals surface area contributed by atoms with E-state index in [0.717, 1.165) is 37.9 Å². The Balaban J connectivity index is 1.87. The number of nitrogens with zero attached hydrogens (tertiary/aromatic N) is 4. The molecule has 0 saturated heterocycles. The average Bonchev–Trinajstić information content (AvgIpc) is 3.46. The predicted molar refractivity (Wildman–Crippen MR) is 134 cm³/mol. The number of aliphatic carboxylic acids is 1. The molecule has 1 fully saturated rings. The van der Waals surface area contributed by atoms with Gasteiger partial charge in [-0.2, -0.15) is 0 Å². The smallest absolute Gasteiger partial charge is 0.307 e. The Morgan fingerprint density at radius 2 is 1.92 bits per heavy atom. The van der Waals surface area contributed by atoms with Crippen LogP contribution in [0, 0.1) is 12.7 Å². The molecule has 2 heterocycles. The van der Waals surface area contributed by atoms with Crippen molar-refractivity contribution in [3.05, 3.63) is 69.5 Å². The van der Waals surface area contributed by atoms with E-state index in [9.17, 15) is 14.3 Å². The molecule has 36 heavy (non-hydrogen) atoms. The summed E-state index contributed by atoms with van der Waals surface area (Å²) in [5.41, 5.74) is 2.68. The van der Waals surface area contributed by atoms with Crippen LogP contribution in [0.15, 0.2) is 40.8 Å². The van der Waals surface area contributed by atoms with Crippen molar-refractivity contribution >= 4 is 29.2 Å². The summed E-state index contributed by atoms with van der Waals surface area (Å²) in [7, 11) is 0. The zero-order valence-electron chi connectivity index (χ0n) is 19.5. The van der Waals surface area contributed by atoms with Crippen LogP contribution in [-0.4, -0.2) is 30.8 Å². The molecule has 2 aromatic carbocycles. The molecule has 5 rings (SSSR count). The van der Waals surface area contributed by atoms with Crippen LogP contribution in [0.1, 0.15) is 55.3 Å². The van der Waals surface area contributed by atoms with Crippen molar-refractivity contribution in [1.82, 2.24) is 19.7 Å². The summed E-state index contributed by atoms with van der Waals surface area (Å²) >= 11 is 12.6. The number of hydrogen-bond acceptors (Lipinski definition) is 5. The van der Waals surface area contributed by atoms with E-state index in [1.54, 1.807) is 31.2 Å². The number of aryl methyl sites for hydroxylation is 1. The second-order valence-corrected chi connectivity index (χ2v) is 9.78. The minimum Gasteiger partial charge on any atom is -0.481 e. The summed E-state index contributed by atoms with van der Waals surface area (Å²) in [6.07, 6.45) is 4.90. The first-order chi connectivity index (χ1) is 17.3. The highest BCUT2D eigenvalue weighted by molar-refractivity contribution is 6.31. The molecule has 1 saturated carbocycles. The predicted octanol–water partition coefficient (Wildman–Crippen LogP) is 7.02. The van der Waals surface area contributed by atoms with E-state index in [2.05, 4.69) is 10.2 Å². The maximum absolute atomic E-state index is 14.1. The fourth-order valence-corrected chi connectivity index (χ4v) is 5.17. The van der Waals surface area contributed by atoms with Gasteiger partial charge in [0.15, 0.2) is 5.69 Å². The molecule has 0 bridgehead atoms. The number of imidazole rings is 1. The van der Waals surface area contributed by atoms with Crippen LogP contribution in [0.25, 0.3) is 28.5 Å². The van der Waals surface area contributed by atoms with Gasteiger partial charge in [-0.15, -0.1) is 10.2 Å². The lowest BCUT2D eigenvalue weighted by atomic mass is 9.88. The van der Waals surface area contributed by atoms with Gasteiger partial charge < -0.3 is 9.52 Å². The molecule has 0 unspecified atom stereocenters. The fourth-order valence-electron chi connectivity index (χ4n) is 4.82. The van der Waals surface area contributed by atoms with Crippen molar-refractivity contribution in [2.45, 2.75) is 51.4 Å². The number of rotatable bonds is 6. The summed E-state index contributed by atoms with van der Waals surface area (Å²) in [4.78, 5) is 16.8. The molecular weight excluding hydrogens is 506 g/mol. The summed E-state index contributed by atoms with van der Waals surface area (Å²) in [6.45, 7) is 1.69. The molecular formula is C26H23Cl2FN4O3. The number of carboxylic acids is 1. The average molecular weight is 529 g/mol. The molecule has 0 amide bonds. The van der Waals surface area contributed by atoms with E-state index >= 15 is 0 Å². The van der Waals surface area contributed by atoms with Gasteiger partial charge in [0.05, 0.1) is 22.8 Å². The number of carboxylic acid groups (broad SMARTS) is 1. The van der Waals surface area contributed by atoms with Gasteiger partial charge in [-0.25, -0.2) is 9.37 Å². The monoisotopic (exact) mass is 528 g/mol. The Labute approximate surface area is 216 Å². The second-order valence-electron chi connectivity index (χ2n) is 8.94. The van der Waals surface area contributed by atoms with E-state index in [0.29, 0.717) is 39.1 Å². The lowest BCUT2D eigenvalue weighted by Crippen LogP contribution is -2.14. The maximum atomic E-state index is 14.1. The van der Waals surface area contributed by atoms with Gasteiger partial charge in [0.25, 0.3) is 5.89 Å². The van der Waals surface area contributed by atoms with Crippen LogP contribution in [-0.2, 0) is 11.2 Å². The quantitative estimate of drug-likeness (QED) is 0.289. The van der Waals surface area contributed by atoms with Gasteiger partial charge in [-0.05, 0) is 48.7 Å². The molecule has 7 nitrogen and oxygen atoms in total. The van der Waals surface area contributed by atoms with Crippen LogP contribution >= 0.6 is 23.2 Å². The zero-order chi connectivity index (χ0) is 25.4. The van der Waals surface area contributed by atoms with Crippen molar-refractivity contribution in [2.24, 2.45) is 0 Å². The molecule has 1 N–H and O–H groups in total. The first-order valence-electron chi connectivity index (χ1n) is 11.7. The molecule has 0 spiro atoms. The zero-order valence-corrected chi connectivity index (χ0v) is 21.0. The third-order valence-corrected chi connectivity index (χ3v) is 6.95. The topological polar surface area (TPSA) is 94.0 Å². The number of halogens is 3. The number of aromatic nitrogens is 4. The Morgan fingerprint density at radius 3 is 2.58 bits per heavy atom. The molecule has 1 aliphatic rings. The fraction of sp³-hybridized carbons (Fsp3) is 0.308. The highest BCUT2D eigenvalue weighted by Crippen LogP contribution is 2.42. The van der Waals surface area contributed by atoms with E-state index in [4.69, 9.17) is 32.6 Å². The van der Waals surface area contributed by atoms with Crippen molar-refractivity contribution in [3.63, 3.8) is 0 Å². The van der Waals surface area contributed by atoms with E-state index in [1.165, 1.54) is 12.1 Å².